The van der Waals surface area contributed by atoms with Gasteiger partial charge in [-0.25, -0.2) is 0 Å². The number of hydrogen-bond acceptors (Lipinski definition) is 3. The van der Waals surface area contributed by atoms with E-state index >= 15 is 0 Å². The normalized spacial score (nSPS) is 10.5. The summed E-state index contributed by atoms with van der Waals surface area (Å²) in [6, 6.07) is 7.40. The molecule has 0 spiro atoms. The maximum atomic E-state index is 12.0. The van der Waals surface area contributed by atoms with Crippen LogP contribution in [-0.2, 0) is 12.8 Å². The van der Waals surface area contributed by atoms with E-state index in [1.54, 1.807) is 12.3 Å². The van der Waals surface area contributed by atoms with Gasteiger partial charge < -0.3 is 4.42 Å². The van der Waals surface area contributed by atoms with Crippen LogP contribution in [0.2, 0.25) is 0 Å². The van der Waals surface area contributed by atoms with E-state index in [2.05, 4.69) is 4.98 Å². The van der Waals surface area contributed by atoms with Crippen LogP contribution in [0.25, 0.3) is 0 Å². The van der Waals surface area contributed by atoms with Gasteiger partial charge in [0.1, 0.15) is 5.76 Å². The molecule has 0 unspecified atom stereocenters. The van der Waals surface area contributed by atoms with Crippen LogP contribution < -0.4 is 0 Å². The predicted molar refractivity (Wildman–Crippen MR) is 65.1 cm³/mol. The highest BCUT2D eigenvalue weighted by Gasteiger charge is 2.13. The lowest BCUT2D eigenvalue weighted by atomic mass is 10.1. The second-order valence-electron chi connectivity index (χ2n) is 3.99. The van der Waals surface area contributed by atoms with Crippen LogP contribution in [0.5, 0.6) is 0 Å². The van der Waals surface area contributed by atoms with E-state index in [-0.39, 0.29) is 5.78 Å². The molecular weight excluding hydrogens is 214 g/mol. The zero-order valence-corrected chi connectivity index (χ0v) is 10.1. The fourth-order valence-corrected chi connectivity index (χ4v) is 1.66. The van der Waals surface area contributed by atoms with E-state index in [0.29, 0.717) is 12.2 Å². The first-order chi connectivity index (χ1) is 8.20. The molecule has 0 atom stereocenters. The number of aromatic nitrogens is 1. The molecule has 0 aliphatic heterocycles. The number of furan rings is 1. The molecule has 88 valence electrons. The van der Waals surface area contributed by atoms with Crippen molar-refractivity contribution in [2.75, 3.05) is 0 Å². The molecule has 0 aromatic carbocycles. The molecule has 0 amide bonds. The van der Waals surface area contributed by atoms with Gasteiger partial charge in [-0.15, -0.1) is 0 Å². The first-order valence-electron chi connectivity index (χ1n) is 5.73. The summed E-state index contributed by atoms with van der Waals surface area (Å²) < 4.78 is 5.43. The molecule has 2 aromatic heterocycles. The van der Waals surface area contributed by atoms with Crippen molar-refractivity contribution in [1.82, 2.24) is 4.98 Å². The number of pyridine rings is 1. The van der Waals surface area contributed by atoms with Gasteiger partial charge in [0.2, 0.25) is 5.78 Å². The van der Waals surface area contributed by atoms with Gasteiger partial charge in [0.15, 0.2) is 5.76 Å². The van der Waals surface area contributed by atoms with E-state index in [4.69, 9.17) is 4.42 Å². The van der Waals surface area contributed by atoms with Crippen molar-refractivity contribution in [3.63, 3.8) is 0 Å². The minimum atomic E-state index is -0.0218. The van der Waals surface area contributed by atoms with E-state index < -0.39 is 0 Å². The second kappa shape index (κ2) is 4.95. The lowest BCUT2D eigenvalue weighted by molar-refractivity contribution is 0.0963. The maximum absolute atomic E-state index is 12.0. The Bertz CT molecular complexity index is 529. The Morgan fingerprint density at radius 3 is 2.82 bits per heavy atom. The Labute approximate surface area is 100 Å². The molecule has 0 N–H and O–H groups in total. The third-order valence-electron chi connectivity index (χ3n) is 2.73. The van der Waals surface area contributed by atoms with Crippen LogP contribution in [0.3, 0.4) is 0 Å². The first kappa shape index (κ1) is 11.6. The fraction of sp³-hybridized carbons (Fsp3) is 0.286. The van der Waals surface area contributed by atoms with Crippen molar-refractivity contribution in [3.05, 3.63) is 53.2 Å². The number of carbonyl (C=O) groups excluding carboxylic acids is 1. The van der Waals surface area contributed by atoms with Crippen LogP contribution in [0.1, 0.15) is 34.5 Å². The Morgan fingerprint density at radius 2 is 2.18 bits per heavy atom. The van der Waals surface area contributed by atoms with E-state index in [9.17, 15) is 4.79 Å². The van der Waals surface area contributed by atoms with Gasteiger partial charge in [-0.05, 0) is 30.7 Å². The average Bonchev–Trinajstić information content (AvgIpc) is 2.81. The lowest BCUT2D eigenvalue weighted by Crippen LogP contribution is -2.05. The largest absolute Gasteiger partial charge is 0.458 e. The minimum absolute atomic E-state index is 0.0218. The second-order valence-corrected chi connectivity index (χ2v) is 3.99. The first-order valence-corrected chi connectivity index (χ1v) is 5.73. The Balaban J connectivity index is 2.14. The van der Waals surface area contributed by atoms with Gasteiger partial charge in [-0.2, -0.15) is 0 Å². The van der Waals surface area contributed by atoms with Crippen molar-refractivity contribution >= 4 is 5.78 Å². The van der Waals surface area contributed by atoms with Crippen molar-refractivity contribution in [2.45, 2.75) is 26.7 Å². The van der Waals surface area contributed by atoms with Crippen LogP contribution in [0, 0.1) is 6.92 Å². The highest BCUT2D eigenvalue weighted by Crippen LogP contribution is 2.13. The topological polar surface area (TPSA) is 43.1 Å². The van der Waals surface area contributed by atoms with E-state index in [1.165, 1.54) is 0 Å². The number of nitrogens with zero attached hydrogens (tertiary/aromatic N) is 1. The van der Waals surface area contributed by atoms with E-state index in [1.807, 2.05) is 32.0 Å². The van der Waals surface area contributed by atoms with Gasteiger partial charge in [0.25, 0.3) is 0 Å². The molecule has 17 heavy (non-hydrogen) atoms. The standard InChI is InChI=1S/C14H15NO2/c1-3-11-6-7-14(17-11)13(16)9-12-10(2)5-4-8-15-12/h4-8H,3,9H2,1-2H3. The third-order valence-corrected chi connectivity index (χ3v) is 2.73. The van der Waals surface area contributed by atoms with Gasteiger partial charge in [0.05, 0.1) is 12.1 Å². The quantitative estimate of drug-likeness (QED) is 0.757. The summed E-state index contributed by atoms with van der Waals surface area (Å²) >= 11 is 0. The Hall–Kier alpha value is -1.90. The molecular formula is C14H15NO2. The zero-order valence-electron chi connectivity index (χ0n) is 10.1. The third kappa shape index (κ3) is 2.61. The van der Waals surface area contributed by atoms with Gasteiger partial charge in [-0.1, -0.05) is 13.0 Å². The zero-order chi connectivity index (χ0) is 12.3. The summed E-state index contributed by atoms with van der Waals surface area (Å²) in [6.07, 6.45) is 2.80. The van der Waals surface area contributed by atoms with Gasteiger partial charge in [-0.3, -0.25) is 9.78 Å². The summed E-state index contributed by atoms with van der Waals surface area (Å²) in [5, 5.41) is 0. The van der Waals surface area contributed by atoms with Crippen molar-refractivity contribution in [2.24, 2.45) is 0 Å². The molecule has 0 saturated heterocycles. The molecule has 3 nitrogen and oxygen atoms in total. The molecule has 0 aliphatic carbocycles. The van der Waals surface area contributed by atoms with Crippen LogP contribution in [0.4, 0.5) is 0 Å². The number of carbonyl (C=O) groups is 1. The van der Waals surface area contributed by atoms with Crippen LogP contribution in [0.15, 0.2) is 34.9 Å². The molecule has 3 heteroatoms. The molecule has 0 saturated carbocycles. The van der Waals surface area contributed by atoms with Gasteiger partial charge >= 0.3 is 0 Å². The molecule has 0 radical (unpaired) electrons. The molecule has 0 bridgehead atoms. The minimum Gasteiger partial charge on any atom is -0.458 e. The summed E-state index contributed by atoms with van der Waals surface area (Å²) in [7, 11) is 0. The molecule has 2 heterocycles. The Kier molecular flexibility index (Phi) is 3.38. The molecule has 2 rings (SSSR count). The Morgan fingerprint density at radius 1 is 1.35 bits per heavy atom. The van der Waals surface area contributed by atoms with Crippen LogP contribution >= 0.6 is 0 Å². The maximum Gasteiger partial charge on any atom is 0.203 e. The smallest absolute Gasteiger partial charge is 0.203 e. The van der Waals surface area contributed by atoms with Gasteiger partial charge in [0, 0.05) is 12.6 Å². The summed E-state index contributed by atoms with van der Waals surface area (Å²) in [6.45, 7) is 3.95. The van der Waals surface area contributed by atoms with Crippen LogP contribution in [-0.4, -0.2) is 10.8 Å². The van der Waals surface area contributed by atoms with Crippen molar-refractivity contribution in [3.8, 4) is 0 Å². The SMILES string of the molecule is CCc1ccc(C(=O)Cc2ncccc2C)o1. The molecule has 0 aliphatic rings. The van der Waals surface area contributed by atoms with E-state index in [0.717, 1.165) is 23.4 Å². The highest BCUT2D eigenvalue weighted by molar-refractivity contribution is 5.94. The summed E-state index contributed by atoms with van der Waals surface area (Å²) in [5.74, 6) is 1.24. The highest BCUT2D eigenvalue weighted by atomic mass is 16.3. The monoisotopic (exact) mass is 229 g/mol. The summed E-state index contributed by atoms with van der Waals surface area (Å²) in [5.41, 5.74) is 1.84. The number of Topliss-reactive ketones (excluding diaryl/α,β-unsaturated/α-hetero) is 1. The molecule has 0 fully saturated rings. The number of hydrogen-bond donors (Lipinski definition) is 0. The number of rotatable bonds is 4. The van der Waals surface area contributed by atoms with Crippen molar-refractivity contribution < 1.29 is 9.21 Å². The number of aryl methyl sites for hydroxylation is 2. The fourth-order valence-electron chi connectivity index (χ4n) is 1.66. The average molecular weight is 229 g/mol. The lowest BCUT2D eigenvalue weighted by Gasteiger charge is -2.01. The summed E-state index contributed by atoms with van der Waals surface area (Å²) in [4.78, 5) is 16.2. The number of ketones is 1. The molecule has 2 aromatic rings. The van der Waals surface area contributed by atoms with Crippen molar-refractivity contribution in [1.29, 1.82) is 0 Å². The predicted octanol–water partition coefficient (Wildman–Crippen LogP) is 2.97.